The molecule has 0 radical (unpaired) electrons. The minimum absolute atomic E-state index is 0.0542. The minimum Gasteiger partial charge on any atom is -0.493 e. The van der Waals surface area contributed by atoms with Gasteiger partial charge >= 0.3 is 0 Å². The van der Waals surface area contributed by atoms with Crippen molar-refractivity contribution in [2.45, 2.75) is 66.1 Å². The van der Waals surface area contributed by atoms with Gasteiger partial charge in [-0.1, -0.05) is 25.2 Å². The average molecular weight is 478 g/mol. The molecule has 1 aromatic carbocycles. The number of hydrogen-bond acceptors (Lipinski definition) is 6. The lowest BCUT2D eigenvalue weighted by molar-refractivity contribution is 0.201. The molecule has 6 heteroatoms. The lowest BCUT2D eigenvalue weighted by Gasteiger charge is -2.32. The summed E-state index contributed by atoms with van der Waals surface area (Å²) < 4.78 is 17.6. The third-order valence-electron chi connectivity index (χ3n) is 6.16. The highest BCUT2D eigenvalue weighted by Crippen LogP contribution is 2.36. The van der Waals surface area contributed by atoms with Gasteiger partial charge in [-0.2, -0.15) is 0 Å². The van der Waals surface area contributed by atoms with Crippen LogP contribution in [0.2, 0.25) is 0 Å². The Balaban J connectivity index is 2.07. The number of fused-ring (bicyclic) bond motifs is 1. The Labute approximate surface area is 210 Å². The third kappa shape index (κ3) is 6.31. The van der Waals surface area contributed by atoms with Gasteiger partial charge in [-0.05, 0) is 64.8 Å². The quantitative estimate of drug-likeness (QED) is 0.398. The van der Waals surface area contributed by atoms with Gasteiger partial charge in [0.05, 0.1) is 31.5 Å². The van der Waals surface area contributed by atoms with E-state index in [1.54, 1.807) is 20.4 Å². The van der Waals surface area contributed by atoms with Gasteiger partial charge in [0.1, 0.15) is 11.5 Å². The van der Waals surface area contributed by atoms with Crippen molar-refractivity contribution in [3.05, 3.63) is 60.0 Å². The summed E-state index contributed by atoms with van der Waals surface area (Å²) in [4.78, 5) is 12.0. The van der Waals surface area contributed by atoms with Crippen LogP contribution in [0.25, 0.3) is 10.9 Å². The van der Waals surface area contributed by atoms with Gasteiger partial charge in [0.2, 0.25) is 0 Å². The highest BCUT2D eigenvalue weighted by atomic mass is 16.5. The molecule has 1 aromatic heterocycles. The first kappa shape index (κ1) is 26.5. The predicted molar refractivity (Wildman–Crippen MR) is 145 cm³/mol. The molecule has 3 rings (SSSR count). The lowest BCUT2D eigenvalue weighted by Crippen LogP contribution is -2.42. The number of allylic oxidation sites excluding steroid dienone is 3. The van der Waals surface area contributed by atoms with Crippen LogP contribution in [0, 0.1) is 0 Å². The van der Waals surface area contributed by atoms with Crippen LogP contribution in [0.1, 0.15) is 48.0 Å². The van der Waals surface area contributed by atoms with Gasteiger partial charge in [0.15, 0.2) is 11.5 Å². The summed E-state index contributed by atoms with van der Waals surface area (Å²) in [5, 5.41) is 0.852. The van der Waals surface area contributed by atoms with E-state index < -0.39 is 0 Å². The van der Waals surface area contributed by atoms with Gasteiger partial charge < -0.3 is 14.2 Å². The van der Waals surface area contributed by atoms with Crippen molar-refractivity contribution in [3.8, 4) is 17.2 Å². The summed E-state index contributed by atoms with van der Waals surface area (Å²) in [6.07, 6.45) is 11.2. The number of aliphatic imine (C=N–C) groups is 1. The van der Waals surface area contributed by atoms with Gasteiger partial charge in [-0.25, -0.2) is 0 Å². The zero-order valence-electron chi connectivity index (χ0n) is 22.3. The maximum Gasteiger partial charge on any atom is 0.162 e. The Morgan fingerprint density at radius 2 is 1.71 bits per heavy atom. The molecule has 0 saturated carbocycles. The van der Waals surface area contributed by atoms with E-state index in [0.29, 0.717) is 35.9 Å². The molecule has 2 heterocycles. The van der Waals surface area contributed by atoms with E-state index in [2.05, 4.69) is 75.7 Å². The van der Waals surface area contributed by atoms with E-state index in [0.717, 1.165) is 34.4 Å². The summed E-state index contributed by atoms with van der Waals surface area (Å²) in [6.45, 7) is 13.8. The Kier molecular flexibility index (Phi) is 9.10. The topological polar surface area (TPSA) is 56.2 Å². The van der Waals surface area contributed by atoms with Crippen LogP contribution in [-0.4, -0.2) is 54.5 Å². The Morgan fingerprint density at radius 3 is 2.34 bits per heavy atom. The van der Waals surface area contributed by atoms with Crippen molar-refractivity contribution in [2.24, 2.45) is 4.99 Å². The van der Waals surface area contributed by atoms with Gasteiger partial charge in [-0.3, -0.25) is 14.9 Å². The van der Waals surface area contributed by atoms with Crippen LogP contribution >= 0.6 is 0 Å². The van der Waals surface area contributed by atoms with Crippen LogP contribution in [0.4, 0.5) is 0 Å². The predicted octanol–water partition coefficient (Wildman–Crippen LogP) is 6.37. The first-order valence-corrected chi connectivity index (χ1v) is 12.4. The summed E-state index contributed by atoms with van der Waals surface area (Å²) >= 11 is 0. The fourth-order valence-corrected chi connectivity index (χ4v) is 4.23. The van der Waals surface area contributed by atoms with E-state index in [1.165, 1.54) is 0 Å². The molecule has 6 nitrogen and oxygen atoms in total. The van der Waals surface area contributed by atoms with Crippen LogP contribution < -0.4 is 14.2 Å². The lowest BCUT2D eigenvalue weighted by atomic mass is 10.0. The van der Waals surface area contributed by atoms with E-state index in [4.69, 9.17) is 19.2 Å². The molecule has 0 bridgehead atoms. The molecule has 188 valence electrons. The molecule has 1 aliphatic rings. The molecule has 0 aliphatic carbocycles. The largest absolute Gasteiger partial charge is 0.493 e. The molecule has 1 unspecified atom stereocenters. The molecular weight excluding hydrogens is 438 g/mol. The van der Waals surface area contributed by atoms with Crippen LogP contribution in [0.3, 0.4) is 0 Å². The highest BCUT2D eigenvalue weighted by molar-refractivity contribution is 6.02. The SMILES string of the molecule is CC/C=C\C=C1\C=C(Oc2ccnc3cc(OC)c(OC)cc23)C(CN(C(C)C)C(C)C)=NC1C. The second-order valence-electron chi connectivity index (χ2n) is 9.26. The number of ether oxygens (including phenoxy) is 3. The molecule has 0 spiro atoms. The summed E-state index contributed by atoms with van der Waals surface area (Å²) in [6, 6.07) is 6.49. The van der Waals surface area contributed by atoms with Gasteiger partial charge in [-0.15, -0.1) is 0 Å². The molecule has 35 heavy (non-hydrogen) atoms. The Bertz CT molecular complexity index is 1140. The minimum atomic E-state index is 0.0542. The van der Waals surface area contributed by atoms with Crippen molar-refractivity contribution in [2.75, 3.05) is 20.8 Å². The normalized spacial score (nSPS) is 17.6. The third-order valence-corrected chi connectivity index (χ3v) is 6.16. The number of methoxy groups -OCH3 is 2. The number of rotatable bonds is 10. The van der Waals surface area contributed by atoms with E-state index in [1.807, 2.05) is 18.2 Å². The fraction of sp³-hybridized carbons (Fsp3) is 0.448. The van der Waals surface area contributed by atoms with Gasteiger partial charge in [0, 0.05) is 36.3 Å². The monoisotopic (exact) mass is 477 g/mol. The zero-order valence-corrected chi connectivity index (χ0v) is 22.3. The number of aromatic nitrogens is 1. The number of benzene rings is 1. The smallest absolute Gasteiger partial charge is 0.162 e. The summed E-state index contributed by atoms with van der Waals surface area (Å²) in [7, 11) is 3.25. The molecule has 0 saturated heterocycles. The first-order valence-electron chi connectivity index (χ1n) is 12.4. The van der Waals surface area contributed by atoms with Crippen molar-refractivity contribution in [1.82, 2.24) is 9.88 Å². The Hall–Kier alpha value is -3.12. The van der Waals surface area contributed by atoms with Crippen molar-refractivity contribution in [3.63, 3.8) is 0 Å². The maximum atomic E-state index is 6.60. The molecule has 0 amide bonds. The number of hydrogen-bond donors (Lipinski definition) is 0. The number of pyridine rings is 1. The standard InChI is InChI=1S/C29H39N3O3/c1-9-10-11-12-22-15-27(25(31-21(22)6)18-32(19(2)3)20(4)5)35-26-13-14-30-24-17-29(34-8)28(33-7)16-23(24)26/h10-17,19-21H,9,18H2,1-8H3/b11-10-,22-12-. The van der Waals surface area contributed by atoms with Crippen molar-refractivity contribution < 1.29 is 14.2 Å². The van der Waals surface area contributed by atoms with Crippen molar-refractivity contribution in [1.29, 1.82) is 0 Å². The molecule has 2 aromatic rings. The van der Waals surface area contributed by atoms with Crippen LogP contribution in [0.15, 0.2) is 65.0 Å². The first-order chi connectivity index (χ1) is 16.8. The molecule has 1 aliphatic heterocycles. The summed E-state index contributed by atoms with van der Waals surface area (Å²) in [5.41, 5.74) is 2.84. The molecular formula is C29H39N3O3. The summed E-state index contributed by atoms with van der Waals surface area (Å²) in [5.74, 6) is 2.73. The highest BCUT2D eigenvalue weighted by Gasteiger charge is 2.25. The fourth-order valence-electron chi connectivity index (χ4n) is 4.23. The number of nitrogens with zero attached hydrogens (tertiary/aromatic N) is 3. The average Bonchev–Trinajstić information content (AvgIpc) is 2.83. The van der Waals surface area contributed by atoms with Gasteiger partial charge in [0.25, 0.3) is 0 Å². The Morgan fingerprint density at radius 1 is 1.03 bits per heavy atom. The van der Waals surface area contributed by atoms with E-state index in [9.17, 15) is 0 Å². The molecule has 1 atom stereocenters. The zero-order chi connectivity index (χ0) is 25.5. The second-order valence-corrected chi connectivity index (χ2v) is 9.26. The van der Waals surface area contributed by atoms with Crippen molar-refractivity contribution >= 4 is 16.6 Å². The van der Waals surface area contributed by atoms with Crippen LogP contribution in [-0.2, 0) is 0 Å². The second kappa shape index (κ2) is 12.0. The molecule has 0 N–H and O–H groups in total. The molecule has 0 fully saturated rings. The van der Waals surface area contributed by atoms with E-state index >= 15 is 0 Å². The van der Waals surface area contributed by atoms with E-state index in [-0.39, 0.29) is 6.04 Å². The maximum absolute atomic E-state index is 6.60. The number of dihydropyridines is 1. The van der Waals surface area contributed by atoms with Crippen LogP contribution in [0.5, 0.6) is 17.2 Å².